The molecule has 1 aromatic rings. The maximum absolute atomic E-state index is 11.9. The molecule has 0 saturated carbocycles. The summed E-state index contributed by atoms with van der Waals surface area (Å²) >= 11 is 0. The van der Waals surface area contributed by atoms with Crippen LogP contribution >= 0.6 is 0 Å². The van der Waals surface area contributed by atoms with Crippen molar-refractivity contribution >= 4 is 5.91 Å². The Labute approximate surface area is 110 Å². The van der Waals surface area contributed by atoms with Gasteiger partial charge in [0.25, 0.3) is 11.5 Å². The highest BCUT2D eigenvalue weighted by molar-refractivity contribution is 5.92. The average Bonchev–Trinajstić information content (AvgIpc) is 2.41. The molecule has 0 bridgehead atoms. The number of hydrogen-bond acceptors (Lipinski definition) is 5. The first-order valence-electron chi connectivity index (χ1n) is 6.08. The van der Waals surface area contributed by atoms with E-state index < -0.39 is 24.7 Å². The van der Waals surface area contributed by atoms with Gasteiger partial charge in [-0.25, -0.2) is 4.68 Å². The summed E-state index contributed by atoms with van der Waals surface area (Å²) in [5, 5.41) is 24.7. The smallest absolute Gasteiger partial charge is 0.272 e. The molecule has 7 nitrogen and oxygen atoms in total. The molecule has 19 heavy (non-hydrogen) atoms. The quantitative estimate of drug-likeness (QED) is 0.622. The Morgan fingerprint density at radius 1 is 1.42 bits per heavy atom. The Hall–Kier alpha value is -1.73. The van der Waals surface area contributed by atoms with Crippen molar-refractivity contribution in [2.24, 2.45) is 0 Å². The number of carbonyl (C=O) groups is 1. The average molecular weight is 269 g/mol. The molecule has 0 aromatic carbocycles. The van der Waals surface area contributed by atoms with Gasteiger partial charge >= 0.3 is 0 Å². The van der Waals surface area contributed by atoms with Crippen LogP contribution in [0.1, 0.15) is 30.8 Å². The third-order valence-electron chi connectivity index (χ3n) is 2.65. The van der Waals surface area contributed by atoms with Crippen molar-refractivity contribution in [1.29, 1.82) is 0 Å². The number of aryl methyl sites for hydroxylation is 1. The second kappa shape index (κ2) is 6.44. The number of nitrogens with zero attached hydrogens (tertiary/aromatic N) is 2. The molecule has 0 spiro atoms. The summed E-state index contributed by atoms with van der Waals surface area (Å²) < 4.78 is 1.21. The van der Waals surface area contributed by atoms with Crippen LogP contribution in [0, 0.1) is 0 Å². The van der Waals surface area contributed by atoms with Crippen LogP contribution in [0.25, 0.3) is 0 Å². The summed E-state index contributed by atoms with van der Waals surface area (Å²) in [7, 11) is 0. The lowest BCUT2D eigenvalue weighted by atomic mass is 10.1. The maximum atomic E-state index is 11.9. The first-order chi connectivity index (χ1) is 8.95. The molecule has 3 N–H and O–H groups in total. The number of carbonyl (C=O) groups excluding carboxylic acids is 1. The van der Waals surface area contributed by atoms with Crippen molar-refractivity contribution < 1.29 is 15.0 Å². The Bertz CT molecular complexity index is 494. The number of aliphatic hydroxyl groups is 2. The summed E-state index contributed by atoms with van der Waals surface area (Å²) in [5.41, 5.74) is -1.32. The summed E-state index contributed by atoms with van der Waals surface area (Å²) in [6.45, 7) is 3.04. The van der Waals surface area contributed by atoms with Crippen LogP contribution < -0.4 is 10.9 Å². The fourth-order valence-corrected chi connectivity index (χ4v) is 1.41. The van der Waals surface area contributed by atoms with Crippen LogP contribution in [0.3, 0.4) is 0 Å². The van der Waals surface area contributed by atoms with Crippen LogP contribution in [-0.4, -0.2) is 44.7 Å². The van der Waals surface area contributed by atoms with Gasteiger partial charge in [-0.3, -0.25) is 9.59 Å². The highest BCUT2D eigenvalue weighted by Crippen LogP contribution is 2.03. The molecule has 106 valence electrons. The number of aliphatic hydroxyl groups excluding tert-OH is 2. The molecule has 1 rings (SSSR count). The van der Waals surface area contributed by atoms with Gasteiger partial charge in [0.1, 0.15) is 5.69 Å². The SMILES string of the molecule is CCCn1nc(C(=O)NC(C)(CO)CO)ccc1=O. The van der Waals surface area contributed by atoms with Crippen LogP contribution in [0.15, 0.2) is 16.9 Å². The van der Waals surface area contributed by atoms with Crippen molar-refractivity contribution in [3.05, 3.63) is 28.2 Å². The third kappa shape index (κ3) is 3.87. The second-order valence-electron chi connectivity index (χ2n) is 4.61. The predicted molar refractivity (Wildman–Crippen MR) is 68.8 cm³/mol. The topological polar surface area (TPSA) is 104 Å². The van der Waals surface area contributed by atoms with E-state index in [0.717, 1.165) is 6.42 Å². The zero-order valence-electron chi connectivity index (χ0n) is 11.1. The molecule has 0 saturated heterocycles. The number of amides is 1. The molecule has 0 aliphatic heterocycles. The standard InChI is InChI=1S/C12H19N3O4/c1-3-6-15-10(18)5-4-9(14-15)11(19)13-12(2,7-16)8-17/h4-5,16-17H,3,6-8H2,1-2H3,(H,13,19). The van der Waals surface area contributed by atoms with E-state index >= 15 is 0 Å². The second-order valence-corrected chi connectivity index (χ2v) is 4.61. The Morgan fingerprint density at radius 2 is 2.05 bits per heavy atom. The van der Waals surface area contributed by atoms with Gasteiger partial charge in [-0.1, -0.05) is 6.92 Å². The number of rotatable bonds is 6. The molecule has 0 atom stereocenters. The summed E-state index contributed by atoms with van der Waals surface area (Å²) in [6, 6.07) is 2.59. The molecule has 0 aliphatic carbocycles. The molecule has 0 aliphatic rings. The third-order valence-corrected chi connectivity index (χ3v) is 2.65. The predicted octanol–water partition coefficient (Wildman–Crippen LogP) is -0.874. The van der Waals surface area contributed by atoms with E-state index in [1.807, 2.05) is 6.92 Å². The van der Waals surface area contributed by atoms with Crippen LogP contribution in [-0.2, 0) is 6.54 Å². The Balaban J connectivity index is 2.94. The van der Waals surface area contributed by atoms with Crippen LogP contribution in [0.5, 0.6) is 0 Å². The molecule has 1 amide bonds. The lowest BCUT2D eigenvalue weighted by Crippen LogP contribution is -2.52. The van der Waals surface area contributed by atoms with E-state index in [-0.39, 0.29) is 11.3 Å². The minimum atomic E-state index is -1.12. The molecule has 0 fully saturated rings. The number of hydrogen-bond donors (Lipinski definition) is 3. The van der Waals surface area contributed by atoms with E-state index in [1.54, 1.807) is 0 Å². The largest absolute Gasteiger partial charge is 0.394 e. The summed E-state index contributed by atoms with van der Waals surface area (Å²) in [5.74, 6) is -0.546. The molecular weight excluding hydrogens is 250 g/mol. The molecular formula is C12H19N3O4. The van der Waals surface area contributed by atoms with Gasteiger partial charge in [-0.2, -0.15) is 5.10 Å². The van der Waals surface area contributed by atoms with Gasteiger partial charge in [0.15, 0.2) is 0 Å². The van der Waals surface area contributed by atoms with Gasteiger partial charge in [0.2, 0.25) is 0 Å². The first kappa shape index (κ1) is 15.3. The minimum Gasteiger partial charge on any atom is -0.394 e. The molecule has 0 radical (unpaired) electrons. The zero-order valence-corrected chi connectivity index (χ0v) is 11.1. The summed E-state index contributed by atoms with van der Waals surface area (Å²) in [4.78, 5) is 23.4. The first-order valence-corrected chi connectivity index (χ1v) is 6.08. The lowest BCUT2D eigenvalue weighted by Gasteiger charge is -2.25. The van der Waals surface area contributed by atoms with Gasteiger partial charge in [-0.05, 0) is 19.4 Å². The Kier molecular flexibility index (Phi) is 5.20. The van der Waals surface area contributed by atoms with Crippen molar-refractivity contribution in [3.8, 4) is 0 Å². The van der Waals surface area contributed by atoms with Crippen molar-refractivity contribution in [1.82, 2.24) is 15.1 Å². The van der Waals surface area contributed by atoms with Crippen molar-refractivity contribution in [2.45, 2.75) is 32.4 Å². The summed E-state index contributed by atoms with van der Waals surface area (Å²) in [6.07, 6.45) is 0.725. The van der Waals surface area contributed by atoms with E-state index in [4.69, 9.17) is 10.2 Å². The number of nitrogens with one attached hydrogen (secondary N) is 1. The molecule has 1 aromatic heterocycles. The Morgan fingerprint density at radius 3 is 2.58 bits per heavy atom. The highest BCUT2D eigenvalue weighted by Gasteiger charge is 2.25. The molecule has 1 heterocycles. The fourth-order valence-electron chi connectivity index (χ4n) is 1.41. The van der Waals surface area contributed by atoms with E-state index in [9.17, 15) is 9.59 Å². The maximum Gasteiger partial charge on any atom is 0.272 e. The van der Waals surface area contributed by atoms with Gasteiger partial charge in [0, 0.05) is 12.6 Å². The monoisotopic (exact) mass is 269 g/mol. The zero-order chi connectivity index (χ0) is 14.5. The van der Waals surface area contributed by atoms with Crippen molar-refractivity contribution in [3.63, 3.8) is 0 Å². The fraction of sp³-hybridized carbons (Fsp3) is 0.583. The highest BCUT2D eigenvalue weighted by atomic mass is 16.3. The molecule has 7 heteroatoms. The molecule has 0 unspecified atom stereocenters. The number of aromatic nitrogens is 2. The normalized spacial score (nSPS) is 11.4. The van der Waals surface area contributed by atoms with Crippen molar-refractivity contribution in [2.75, 3.05) is 13.2 Å². The van der Waals surface area contributed by atoms with E-state index in [0.29, 0.717) is 6.54 Å². The van der Waals surface area contributed by atoms with Gasteiger partial charge in [-0.15, -0.1) is 0 Å². The van der Waals surface area contributed by atoms with E-state index in [2.05, 4.69) is 10.4 Å². The van der Waals surface area contributed by atoms with Gasteiger partial charge < -0.3 is 15.5 Å². The minimum absolute atomic E-state index is 0.0705. The van der Waals surface area contributed by atoms with Crippen LogP contribution in [0.2, 0.25) is 0 Å². The lowest BCUT2D eigenvalue weighted by molar-refractivity contribution is 0.0717. The van der Waals surface area contributed by atoms with E-state index in [1.165, 1.54) is 23.7 Å². The van der Waals surface area contributed by atoms with Crippen LogP contribution in [0.4, 0.5) is 0 Å². The van der Waals surface area contributed by atoms with Gasteiger partial charge in [0.05, 0.1) is 18.8 Å².